The summed E-state index contributed by atoms with van der Waals surface area (Å²) in [6.07, 6.45) is -2.96. The topological polar surface area (TPSA) is 18.5 Å². The fourth-order valence-corrected chi connectivity index (χ4v) is 1.84. The van der Waals surface area contributed by atoms with Crippen LogP contribution in [0.5, 0.6) is 11.5 Å². The summed E-state index contributed by atoms with van der Waals surface area (Å²) in [6, 6.07) is 11.8. The number of halogens is 3. The summed E-state index contributed by atoms with van der Waals surface area (Å²) in [4.78, 5) is 0. The minimum absolute atomic E-state index is 0.373. The number of fused-ring (bicyclic) bond motifs is 1. The van der Waals surface area contributed by atoms with E-state index >= 15 is 0 Å². The van der Waals surface area contributed by atoms with Gasteiger partial charge in [-0.1, -0.05) is 24.3 Å². The molecule has 0 unspecified atom stereocenters. The Hall–Kier alpha value is -2.43. The predicted molar refractivity (Wildman–Crippen MR) is 67.1 cm³/mol. The minimum atomic E-state index is -4.34. The van der Waals surface area contributed by atoms with E-state index in [1.807, 2.05) is 0 Å². The number of benzene rings is 2. The maximum atomic E-state index is 12.5. The van der Waals surface area contributed by atoms with Gasteiger partial charge >= 0.3 is 6.18 Å². The molecule has 0 radical (unpaired) electrons. The van der Waals surface area contributed by atoms with Crippen LogP contribution in [0.1, 0.15) is 11.1 Å². The summed E-state index contributed by atoms with van der Waals surface area (Å²) in [7, 11) is 0. The van der Waals surface area contributed by atoms with Crippen molar-refractivity contribution in [1.82, 2.24) is 0 Å². The molecule has 1 aliphatic heterocycles. The summed E-state index contributed by atoms with van der Waals surface area (Å²) in [5, 5.41) is 0. The predicted octanol–water partition coefficient (Wildman–Crippen LogP) is 4.48. The van der Waals surface area contributed by atoms with Crippen molar-refractivity contribution in [3.63, 3.8) is 0 Å². The van der Waals surface area contributed by atoms with Crippen LogP contribution >= 0.6 is 0 Å². The van der Waals surface area contributed by atoms with E-state index in [0.29, 0.717) is 22.8 Å². The van der Waals surface area contributed by atoms with Crippen LogP contribution in [-0.4, -0.2) is 0 Å². The van der Waals surface area contributed by atoms with E-state index in [9.17, 15) is 13.2 Å². The van der Waals surface area contributed by atoms with E-state index in [1.165, 1.54) is 18.4 Å². The zero-order valence-corrected chi connectivity index (χ0v) is 10.1. The van der Waals surface area contributed by atoms with E-state index in [1.54, 1.807) is 24.3 Å². The zero-order valence-electron chi connectivity index (χ0n) is 10.1. The van der Waals surface area contributed by atoms with Crippen molar-refractivity contribution in [2.24, 2.45) is 0 Å². The second-order valence-electron chi connectivity index (χ2n) is 4.22. The van der Waals surface area contributed by atoms with Crippen molar-refractivity contribution in [3.8, 4) is 11.5 Å². The molecule has 3 rings (SSSR count). The Morgan fingerprint density at radius 2 is 1.45 bits per heavy atom. The summed E-state index contributed by atoms with van der Waals surface area (Å²) >= 11 is 0. The lowest BCUT2D eigenvalue weighted by atomic mass is 10.1. The standard InChI is InChI=1S/C15H9F3O2/c16-15(17,18)11-7-5-10(6-8-11)14-9-19-12-3-1-2-4-13(12)20-14/h1-9H. The quantitative estimate of drug-likeness (QED) is 0.766. The van der Waals surface area contributed by atoms with Gasteiger partial charge in [-0.15, -0.1) is 0 Å². The van der Waals surface area contributed by atoms with Crippen LogP contribution in [0.15, 0.2) is 54.8 Å². The van der Waals surface area contributed by atoms with Gasteiger partial charge in [0, 0.05) is 5.56 Å². The second-order valence-corrected chi connectivity index (χ2v) is 4.22. The highest BCUT2D eigenvalue weighted by Crippen LogP contribution is 2.35. The van der Waals surface area contributed by atoms with Crippen molar-refractivity contribution in [2.75, 3.05) is 0 Å². The fraction of sp³-hybridized carbons (Fsp3) is 0.0667. The normalized spacial score (nSPS) is 13.8. The molecular weight excluding hydrogens is 269 g/mol. The van der Waals surface area contributed by atoms with Crippen molar-refractivity contribution in [1.29, 1.82) is 0 Å². The lowest BCUT2D eigenvalue weighted by molar-refractivity contribution is -0.137. The molecule has 0 aliphatic carbocycles. The Kier molecular flexibility index (Phi) is 2.89. The Balaban J connectivity index is 1.87. The molecule has 1 heterocycles. The molecule has 0 amide bonds. The van der Waals surface area contributed by atoms with Gasteiger partial charge in [-0.2, -0.15) is 13.2 Å². The third-order valence-corrected chi connectivity index (χ3v) is 2.86. The first-order chi connectivity index (χ1) is 9.54. The van der Waals surface area contributed by atoms with Gasteiger partial charge in [-0.3, -0.25) is 0 Å². The van der Waals surface area contributed by atoms with Crippen LogP contribution in [0.3, 0.4) is 0 Å². The monoisotopic (exact) mass is 278 g/mol. The maximum Gasteiger partial charge on any atom is 0.416 e. The molecule has 0 aromatic heterocycles. The Bertz CT molecular complexity index is 658. The van der Waals surface area contributed by atoms with Gasteiger partial charge in [0.25, 0.3) is 0 Å². The third kappa shape index (κ3) is 2.34. The number of alkyl halides is 3. The molecule has 0 bridgehead atoms. The van der Waals surface area contributed by atoms with Gasteiger partial charge in [0.1, 0.15) is 6.26 Å². The van der Waals surface area contributed by atoms with E-state index in [0.717, 1.165) is 12.1 Å². The van der Waals surface area contributed by atoms with Gasteiger partial charge in [-0.25, -0.2) is 0 Å². The van der Waals surface area contributed by atoms with Crippen LogP contribution in [0.2, 0.25) is 0 Å². The number of ether oxygens (including phenoxy) is 2. The van der Waals surface area contributed by atoms with E-state index in [2.05, 4.69) is 0 Å². The Morgan fingerprint density at radius 3 is 2.10 bits per heavy atom. The highest BCUT2D eigenvalue weighted by atomic mass is 19.4. The molecule has 0 N–H and O–H groups in total. The first-order valence-corrected chi connectivity index (χ1v) is 5.85. The zero-order chi connectivity index (χ0) is 14.2. The van der Waals surface area contributed by atoms with Crippen molar-refractivity contribution < 1.29 is 22.6 Å². The SMILES string of the molecule is FC(F)(F)c1ccc(C2=COc3ccccc3O2)cc1. The van der Waals surface area contributed by atoms with Crippen LogP contribution in [0.4, 0.5) is 13.2 Å². The lowest BCUT2D eigenvalue weighted by Crippen LogP contribution is -2.06. The van der Waals surface area contributed by atoms with E-state index in [-0.39, 0.29) is 0 Å². The molecule has 2 aromatic carbocycles. The third-order valence-electron chi connectivity index (χ3n) is 2.86. The molecule has 2 nitrogen and oxygen atoms in total. The van der Waals surface area contributed by atoms with E-state index < -0.39 is 11.7 Å². The van der Waals surface area contributed by atoms with Gasteiger partial charge in [0.15, 0.2) is 17.3 Å². The molecule has 0 saturated heterocycles. The lowest BCUT2D eigenvalue weighted by Gasteiger charge is -2.18. The molecule has 2 aromatic rings. The van der Waals surface area contributed by atoms with Gasteiger partial charge in [0.05, 0.1) is 5.56 Å². The highest BCUT2D eigenvalue weighted by Gasteiger charge is 2.30. The molecule has 0 saturated carbocycles. The van der Waals surface area contributed by atoms with Crippen LogP contribution in [0.25, 0.3) is 5.76 Å². The van der Waals surface area contributed by atoms with Crippen molar-refractivity contribution in [2.45, 2.75) is 6.18 Å². The number of para-hydroxylation sites is 2. The highest BCUT2D eigenvalue weighted by molar-refractivity contribution is 5.65. The van der Waals surface area contributed by atoms with Crippen LogP contribution in [0, 0.1) is 0 Å². The fourth-order valence-electron chi connectivity index (χ4n) is 1.84. The minimum Gasteiger partial charge on any atom is -0.457 e. The Labute approximate surface area is 113 Å². The molecule has 0 atom stereocenters. The number of hydrogen-bond acceptors (Lipinski definition) is 2. The van der Waals surface area contributed by atoms with Crippen LogP contribution in [-0.2, 0) is 6.18 Å². The molecule has 5 heteroatoms. The average molecular weight is 278 g/mol. The smallest absolute Gasteiger partial charge is 0.416 e. The maximum absolute atomic E-state index is 12.5. The number of rotatable bonds is 1. The van der Waals surface area contributed by atoms with Gasteiger partial charge in [-0.05, 0) is 24.3 Å². The van der Waals surface area contributed by atoms with Gasteiger partial charge in [0.2, 0.25) is 0 Å². The second kappa shape index (κ2) is 4.59. The molecule has 1 aliphatic rings. The largest absolute Gasteiger partial charge is 0.457 e. The molecule has 20 heavy (non-hydrogen) atoms. The molecule has 0 fully saturated rings. The summed E-state index contributed by atoms with van der Waals surface area (Å²) < 4.78 is 48.4. The summed E-state index contributed by atoms with van der Waals surface area (Å²) in [6.45, 7) is 0. The summed E-state index contributed by atoms with van der Waals surface area (Å²) in [5.74, 6) is 1.48. The first-order valence-electron chi connectivity index (χ1n) is 5.85. The number of hydrogen-bond donors (Lipinski definition) is 0. The molecule has 102 valence electrons. The summed E-state index contributed by atoms with van der Waals surface area (Å²) in [5.41, 5.74) is -0.175. The molecule has 0 spiro atoms. The van der Waals surface area contributed by atoms with Crippen LogP contribution < -0.4 is 9.47 Å². The van der Waals surface area contributed by atoms with Crippen molar-refractivity contribution in [3.05, 3.63) is 65.9 Å². The average Bonchev–Trinajstić information content (AvgIpc) is 2.46. The van der Waals surface area contributed by atoms with E-state index in [4.69, 9.17) is 9.47 Å². The Morgan fingerprint density at radius 1 is 0.800 bits per heavy atom. The van der Waals surface area contributed by atoms with Gasteiger partial charge < -0.3 is 9.47 Å². The first kappa shape index (κ1) is 12.6. The van der Waals surface area contributed by atoms with Crippen molar-refractivity contribution >= 4 is 5.76 Å². The molecular formula is C15H9F3O2.